The number of anilines is 3. The van der Waals surface area contributed by atoms with E-state index in [2.05, 4.69) is 0 Å². The van der Waals surface area contributed by atoms with Crippen molar-refractivity contribution in [3.63, 3.8) is 0 Å². The van der Waals surface area contributed by atoms with Gasteiger partial charge in [-0.1, -0.05) is 30.3 Å². The van der Waals surface area contributed by atoms with E-state index in [1.54, 1.807) is 0 Å². The van der Waals surface area contributed by atoms with Crippen LogP contribution in [0.15, 0.2) is 42.5 Å². The summed E-state index contributed by atoms with van der Waals surface area (Å²) in [7, 11) is 0. The third kappa shape index (κ3) is 4.86. The molecule has 0 fully saturated rings. The maximum absolute atomic E-state index is 16.0. The SMILES string of the molecule is Fc1c(F)c(F)c(-c2c(F)c(F)c(N(c3c(F)c(F)c(C(F)(F)F)c(F)c3F)c3cccc4c3sc3ccccc34)c(F)c2F)c(F)c1F. The molecule has 6 rings (SSSR count). The zero-order chi connectivity index (χ0) is 36.0. The monoisotopic (exact) mass is 729 g/mol. The molecule has 1 heterocycles. The van der Waals surface area contributed by atoms with Crippen LogP contribution in [0.2, 0.25) is 0 Å². The Kier molecular flexibility index (Phi) is 7.99. The van der Waals surface area contributed by atoms with Gasteiger partial charge >= 0.3 is 6.18 Å². The lowest BCUT2D eigenvalue weighted by Crippen LogP contribution is -2.23. The number of hydrogen-bond acceptors (Lipinski definition) is 2. The quantitative estimate of drug-likeness (QED) is 0.0992. The van der Waals surface area contributed by atoms with Gasteiger partial charge in [-0.2, -0.15) is 13.2 Å². The molecule has 0 aliphatic carbocycles. The minimum Gasteiger partial charge on any atom is -0.298 e. The molecule has 0 saturated heterocycles. The van der Waals surface area contributed by atoms with Crippen molar-refractivity contribution in [1.29, 1.82) is 0 Å². The number of nitrogens with zero attached hydrogens (tertiary/aromatic N) is 1. The van der Waals surface area contributed by atoms with Gasteiger partial charge in [-0.05, 0) is 12.1 Å². The Morgan fingerprint density at radius 2 is 0.837 bits per heavy atom. The minimum absolute atomic E-state index is 0.0663. The normalized spacial score (nSPS) is 12.1. The van der Waals surface area contributed by atoms with E-state index in [-0.39, 0.29) is 10.1 Å². The Hall–Kier alpha value is -5.00. The fourth-order valence-electron chi connectivity index (χ4n) is 5.19. The first-order valence-electron chi connectivity index (χ1n) is 12.9. The lowest BCUT2D eigenvalue weighted by atomic mass is 9.99. The highest BCUT2D eigenvalue weighted by atomic mass is 32.1. The van der Waals surface area contributed by atoms with Gasteiger partial charge in [0.1, 0.15) is 16.9 Å². The highest BCUT2D eigenvalue weighted by molar-refractivity contribution is 7.26. The molecule has 1 aromatic heterocycles. The van der Waals surface area contributed by atoms with E-state index in [1.165, 1.54) is 30.3 Å². The fraction of sp³-hybridized carbons (Fsp3) is 0.0323. The molecule has 0 atom stereocenters. The molecule has 0 unspecified atom stereocenters. The van der Waals surface area contributed by atoms with Crippen molar-refractivity contribution in [3.05, 3.63) is 124 Å². The van der Waals surface area contributed by atoms with E-state index in [4.69, 9.17) is 0 Å². The molecule has 0 saturated carbocycles. The van der Waals surface area contributed by atoms with Crippen molar-refractivity contribution >= 4 is 48.6 Å². The van der Waals surface area contributed by atoms with E-state index >= 15 is 26.3 Å². The van der Waals surface area contributed by atoms with E-state index in [0.29, 0.717) is 21.4 Å². The lowest BCUT2D eigenvalue weighted by Gasteiger charge is -2.29. The molecule has 0 radical (unpaired) electrons. The number of benzene rings is 5. The minimum atomic E-state index is -6.10. The molecule has 6 aromatic rings. The van der Waals surface area contributed by atoms with Crippen molar-refractivity contribution < 1.29 is 70.2 Å². The van der Waals surface area contributed by atoms with E-state index in [0.717, 1.165) is 12.1 Å². The second-order valence-electron chi connectivity index (χ2n) is 9.99. The Bertz CT molecular complexity index is 2290. The summed E-state index contributed by atoms with van der Waals surface area (Å²) in [5.74, 6) is -38.4. The van der Waals surface area contributed by atoms with Crippen molar-refractivity contribution in [2.45, 2.75) is 6.18 Å². The van der Waals surface area contributed by atoms with Gasteiger partial charge in [0, 0.05) is 15.5 Å². The van der Waals surface area contributed by atoms with Crippen LogP contribution in [0, 0.1) is 75.6 Å². The first-order valence-corrected chi connectivity index (χ1v) is 13.7. The molecule has 0 bridgehead atoms. The number of alkyl halides is 3. The van der Waals surface area contributed by atoms with Gasteiger partial charge in [0.25, 0.3) is 0 Å². The smallest absolute Gasteiger partial charge is 0.298 e. The van der Waals surface area contributed by atoms with Gasteiger partial charge in [-0.25, -0.2) is 57.1 Å². The second kappa shape index (κ2) is 11.6. The number of hydrogen-bond donors (Lipinski definition) is 0. The van der Waals surface area contributed by atoms with Gasteiger partial charge in [-0.3, -0.25) is 4.90 Å². The summed E-state index contributed by atoms with van der Waals surface area (Å²) in [6, 6.07) is 8.90. The van der Waals surface area contributed by atoms with Gasteiger partial charge in [0.2, 0.25) is 5.82 Å². The average molecular weight is 729 g/mol. The Balaban J connectivity index is 1.79. The first kappa shape index (κ1) is 33.9. The Morgan fingerprint density at radius 3 is 1.33 bits per heavy atom. The highest BCUT2D eigenvalue weighted by Gasteiger charge is 2.45. The van der Waals surface area contributed by atoms with Crippen LogP contribution in [0.4, 0.5) is 87.3 Å². The summed E-state index contributed by atoms with van der Waals surface area (Å²) in [6.45, 7) is 0. The van der Waals surface area contributed by atoms with E-state index in [9.17, 15) is 43.9 Å². The van der Waals surface area contributed by atoms with Crippen LogP contribution in [0.25, 0.3) is 31.3 Å². The van der Waals surface area contributed by atoms with Crippen LogP contribution in [0.1, 0.15) is 5.56 Å². The molecular formula is C31H7F16NS. The molecule has 0 aliphatic rings. The van der Waals surface area contributed by atoms with E-state index in [1.807, 2.05) is 0 Å². The van der Waals surface area contributed by atoms with Gasteiger partial charge in [0.05, 0.1) is 21.5 Å². The highest BCUT2D eigenvalue weighted by Crippen LogP contribution is 2.51. The Labute approximate surface area is 264 Å². The zero-order valence-electron chi connectivity index (χ0n) is 22.9. The molecule has 0 aliphatic heterocycles. The van der Waals surface area contributed by atoms with Crippen molar-refractivity contribution in [1.82, 2.24) is 0 Å². The van der Waals surface area contributed by atoms with Crippen LogP contribution < -0.4 is 4.90 Å². The molecule has 0 N–H and O–H groups in total. The largest absolute Gasteiger partial charge is 0.422 e. The molecule has 0 spiro atoms. The number of fused-ring (bicyclic) bond motifs is 3. The summed E-state index contributed by atoms with van der Waals surface area (Å²) in [4.78, 5) is -0.562. The summed E-state index contributed by atoms with van der Waals surface area (Å²) in [5.41, 5.74) is -13.9. The lowest BCUT2D eigenvalue weighted by molar-refractivity contribution is -0.143. The molecule has 254 valence electrons. The third-order valence-electron chi connectivity index (χ3n) is 7.30. The van der Waals surface area contributed by atoms with Crippen LogP contribution in [-0.4, -0.2) is 0 Å². The maximum Gasteiger partial charge on any atom is 0.422 e. The first-order chi connectivity index (χ1) is 22.9. The van der Waals surface area contributed by atoms with Gasteiger partial charge in [0.15, 0.2) is 69.8 Å². The van der Waals surface area contributed by atoms with Crippen molar-refractivity contribution in [3.8, 4) is 11.1 Å². The van der Waals surface area contributed by atoms with Crippen molar-refractivity contribution in [2.75, 3.05) is 4.90 Å². The number of thiophene rings is 1. The fourth-order valence-corrected chi connectivity index (χ4v) is 6.39. The van der Waals surface area contributed by atoms with Crippen molar-refractivity contribution in [2.24, 2.45) is 0 Å². The maximum atomic E-state index is 16.0. The summed E-state index contributed by atoms with van der Waals surface area (Å²) < 4.78 is 234. The molecular weight excluding hydrogens is 722 g/mol. The molecule has 5 aromatic carbocycles. The summed E-state index contributed by atoms with van der Waals surface area (Å²) in [5, 5.41) is 0.395. The summed E-state index contributed by atoms with van der Waals surface area (Å²) in [6.07, 6.45) is -6.10. The van der Waals surface area contributed by atoms with E-state index < -0.39 is 120 Å². The van der Waals surface area contributed by atoms with Crippen LogP contribution in [0.3, 0.4) is 0 Å². The van der Waals surface area contributed by atoms with Crippen LogP contribution >= 0.6 is 11.3 Å². The predicted octanol–water partition coefficient (Wildman–Crippen LogP) is 12.0. The van der Waals surface area contributed by atoms with Gasteiger partial charge in [-0.15, -0.1) is 11.3 Å². The standard InChI is InChI=1S/C31H7F16NS/c32-15-12(16(33)22(39)23(40)21(15)38)13-17(34)24(41)28(25(42)18(13)35)48(29-26(43)19(36)14(31(45,46)47)20(37)27(29)44)10-6-3-5-9-8-4-1-2-7-11(8)49-30(9)10/h1-7H. The number of rotatable bonds is 4. The molecule has 1 nitrogen and oxygen atoms in total. The second-order valence-corrected chi connectivity index (χ2v) is 11.0. The Morgan fingerprint density at radius 1 is 0.429 bits per heavy atom. The van der Waals surface area contributed by atoms with Gasteiger partial charge < -0.3 is 0 Å². The zero-order valence-corrected chi connectivity index (χ0v) is 23.8. The number of halogens is 16. The topological polar surface area (TPSA) is 3.24 Å². The molecule has 49 heavy (non-hydrogen) atoms. The predicted molar refractivity (Wildman–Crippen MR) is 144 cm³/mol. The third-order valence-corrected chi connectivity index (χ3v) is 8.50. The van der Waals surface area contributed by atoms with Crippen LogP contribution in [0.5, 0.6) is 0 Å². The molecule has 18 heteroatoms. The van der Waals surface area contributed by atoms with Crippen LogP contribution in [-0.2, 0) is 6.18 Å². The molecule has 0 amide bonds. The summed E-state index contributed by atoms with van der Waals surface area (Å²) >= 11 is 0.658. The average Bonchev–Trinajstić information content (AvgIpc) is 3.44.